The van der Waals surface area contributed by atoms with Gasteiger partial charge in [0.2, 0.25) is 0 Å². The summed E-state index contributed by atoms with van der Waals surface area (Å²) in [5.41, 5.74) is 0. The number of aliphatic hydroxyl groups excluding tert-OH is 1. The zero-order valence-corrected chi connectivity index (χ0v) is 11.7. The Morgan fingerprint density at radius 3 is 2.75 bits per heavy atom. The highest BCUT2D eigenvalue weighted by molar-refractivity contribution is 5.83. The van der Waals surface area contributed by atoms with Crippen molar-refractivity contribution in [3.8, 4) is 0 Å². The van der Waals surface area contributed by atoms with Gasteiger partial charge < -0.3 is 24.7 Å². The van der Waals surface area contributed by atoms with Gasteiger partial charge >= 0.3 is 12.0 Å². The van der Waals surface area contributed by atoms with Crippen LogP contribution in [0.5, 0.6) is 0 Å². The van der Waals surface area contributed by atoms with Crippen LogP contribution in [0.3, 0.4) is 0 Å². The summed E-state index contributed by atoms with van der Waals surface area (Å²) in [6.45, 7) is 1.93. The number of β-amino-alcohol motifs (C(OH)–C–C–N with tert-alkyl or cyclic N) is 1. The van der Waals surface area contributed by atoms with Crippen molar-refractivity contribution in [2.75, 3.05) is 33.4 Å². The smallest absolute Gasteiger partial charge is 0.326 e. The first-order chi connectivity index (χ1) is 9.52. The molecule has 2 aliphatic rings. The van der Waals surface area contributed by atoms with Crippen molar-refractivity contribution in [1.29, 1.82) is 0 Å². The van der Waals surface area contributed by atoms with Gasteiger partial charge in [0.25, 0.3) is 0 Å². The number of likely N-dealkylation sites (tertiary alicyclic amines) is 2. The lowest BCUT2D eigenvalue weighted by Crippen LogP contribution is -2.51. The monoisotopic (exact) mass is 286 g/mol. The van der Waals surface area contributed by atoms with Gasteiger partial charge in [-0.25, -0.2) is 9.59 Å². The number of carbonyl (C=O) groups is 2. The van der Waals surface area contributed by atoms with E-state index in [9.17, 15) is 14.7 Å². The minimum atomic E-state index is -1.06. The molecule has 0 aromatic heterocycles. The van der Waals surface area contributed by atoms with Crippen molar-refractivity contribution < 1.29 is 24.5 Å². The predicted molar refractivity (Wildman–Crippen MR) is 70.3 cm³/mol. The van der Waals surface area contributed by atoms with Crippen molar-refractivity contribution in [2.45, 2.75) is 31.4 Å². The highest BCUT2D eigenvalue weighted by Crippen LogP contribution is 2.23. The van der Waals surface area contributed by atoms with E-state index in [1.54, 1.807) is 12.0 Å². The number of carbonyl (C=O) groups excluding carboxylic acids is 1. The molecule has 20 heavy (non-hydrogen) atoms. The SMILES string of the molecule is COCC1CCCN(C(=O)N2CC(O)CC2C(=O)O)C1. The Hall–Kier alpha value is -1.34. The van der Waals surface area contributed by atoms with Crippen LogP contribution in [0.1, 0.15) is 19.3 Å². The number of carboxylic acids is 1. The average molecular weight is 286 g/mol. The first-order valence-electron chi connectivity index (χ1n) is 6.98. The molecule has 0 radical (unpaired) electrons. The van der Waals surface area contributed by atoms with Crippen molar-refractivity contribution in [2.24, 2.45) is 5.92 Å². The maximum absolute atomic E-state index is 12.4. The Labute approximate surface area is 118 Å². The van der Waals surface area contributed by atoms with Crippen LogP contribution in [0.25, 0.3) is 0 Å². The zero-order valence-electron chi connectivity index (χ0n) is 11.7. The maximum Gasteiger partial charge on any atom is 0.326 e. The van der Waals surface area contributed by atoms with E-state index in [0.717, 1.165) is 12.8 Å². The number of aliphatic hydroxyl groups is 1. The molecule has 2 saturated heterocycles. The molecule has 2 heterocycles. The summed E-state index contributed by atoms with van der Waals surface area (Å²) in [5, 5.41) is 18.7. The van der Waals surface area contributed by atoms with Gasteiger partial charge in [-0.3, -0.25) is 0 Å². The van der Waals surface area contributed by atoms with Crippen LogP contribution in [-0.4, -0.2) is 77.5 Å². The third kappa shape index (κ3) is 3.21. The number of hydrogen-bond acceptors (Lipinski definition) is 4. The normalized spacial score (nSPS) is 30.6. The largest absolute Gasteiger partial charge is 0.480 e. The third-order valence-electron chi connectivity index (χ3n) is 4.00. The van der Waals surface area contributed by atoms with E-state index in [2.05, 4.69) is 0 Å². The molecule has 3 atom stereocenters. The second kappa shape index (κ2) is 6.41. The lowest BCUT2D eigenvalue weighted by Gasteiger charge is -2.36. The molecule has 3 unspecified atom stereocenters. The predicted octanol–water partition coefficient (Wildman–Crippen LogP) is -0.0154. The minimum Gasteiger partial charge on any atom is -0.480 e. The molecule has 0 spiro atoms. The van der Waals surface area contributed by atoms with E-state index >= 15 is 0 Å². The molecule has 2 rings (SSSR count). The molecule has 0 aliphatic carbocycles. The molecule has 7 heteroatoms. The van der Waals surface area contributed by atoms with Crippen molar-refractivity contribution in [3.05, 3.63) is 0 Å². The van der Waals surface area contributed by atoms with Gasteiger partial charge in [0, 0.05) is 39.1 Å². The fourth-order valence-electron chi connectivity index (χ4n) is 3.05. The first kappa shape index (κ1) is 15.1. The fraction of sp³-hybridized carbons (Fsp3) is 0.846. The quantitative estimate of drug-likeness (QED) is 0.761. The number of hydrogen-bond donors (Lipinski definition) is 2. The minimum absolute atomic E-state index is 0.0985. The second-order valence-electron chi connectivity index (χ2n) is 5.59. The number of amides is 2. The van der Waals surface area contributed by atoms with Crippen molar-refractivity contribution >= 4 is 12.0 Å². The lowest BCUT2D eigenvalue weighted by atomic mass is 9.99. The van der Waals surface area contributed by atoms with E-state index in [1.807, 2.05) is 0 Å². The van der Waals surface area contributed by atoms with Gasteiger partial charge in [0.15, 0.2) is 0 Å². The molecule has 2 fully saturated rings. The maximum atomic E-state index is 12.4. The van der Waals surface area contributed by atoms with Gasteiger partial charge in [-0.05, 0) is 12.8 Å². The second-order valence-corrected chi connectivity index (χ2v) is 5.59. The van der Waals surface area contributed by atoms with E-state index in [1.165, 1.54) is 4.90 Å². The number of urea groups is 1. The summed E-state index contributed by atoms with van der Waals surface area (Å²) in [4.78, 5) is 26.6. The summed E-state index contributed by atoms with van der Waals surface area (Å²) >= 11 is 0. The summed E-state index contributed by atoms with van der Waals surface area (Å²) in [6, 6.07) is -1.20. The highest BCUT2D eigenvalue weighted by Gasteiger charge is 2.41. The van der Waals surface area contributed by atoms with Crippen LogP contribution in [0, 0.1) is 5.92 Å². The number of nitrogens with zero attached hydrogens (tertiary/aromatic N) is 2. The molecule has 114 valence electrons. The van der Waals surface area contributed by atoms with E-state index in [4.69, 9.17) is 9.84 Å². The van der Waals surface area contributed by atoms with E-state index in [0.29, 0.717) is 25.6 Å². The fourth-order valence-corrected chi connectivity index (χ4v) is 3.05. The molecule has 0 saturated carbocycles. The van der Waals surface area contributed by atoms with Gasteiger partial charge in [-0.2, -0.15) is 0 Å². The zero-order chi connectivity index (χ0) is 14.7. The van der Waals surface area contributed by atoms with Crippen LogP contribution in [0.2, 0.25) is 0 Å². The number of aliphatic carboxylic acids is 1. The summed E-state index contributed by atoms with van der Waals surface area (Å²) < 4.78 is 5.13. The van der Waals surface area contributed by atoms with Crippen LogP contribution in [0.15, 0.2) is 0 Å². The van der Waals surface area contributed by atoms with Gasteiger partial charge in [0.1, 0.15) is 6.04 Å². The van der Waals surface area contributed by atoms with Crippen LogP contribution in [0.4, 0.5) is 4.79 Å². The molecule has 2 N–H and O–H groups in total. The highest BCUT2D eigenvalue weighted by atomic mass is 16.5. The first-order valence-corrected chi connectivity index (χ1v) is 6.98. The molecule has 7 nitrogen and oxygen atoms in total. The van der Waals surface area contributed by atoms with Gasteiger partial charge in [-0.15, -0.1) is 0 Å². The third-order valence-corrected chi connectivity index (χ3v) is 4.00. The van der Waals surface area contributed by atoms with Crippen LogP contribution < -0.4 is 0 Å². The summed E-state index contributed by atoms with van der Waals surface area (Å²) in [5.74, 6) is -0.756. The van der Waals surface area contributed by atoms with Gasteiger partial charge in [0.05, 0.1) is 12.7 Å². The molecular formula is C13H22N2O5. The number of carboxylic acid groups (broad SMARTS) is 1. The van der Waals surface area contributed by atoms with E-state index in [-0.39, 0.29) is 19.0 Å². The summed E-state index contributed by atoms with van der Waals surface area (Å²) in [6.07, 6.45) is 1.27. The molecule has 2 aliphatic heterocycles. The Kier molecular flexibility index (Phi) is 4.82. The van der Waals surface area contributed by atoms with Crippen molar-refractivity contribution in [3.63, 3.8) is 0 Å². The molecule has 2 amide bonds. The van der Waals surface area contributed by atoms with Gasteiger partial charge in [-0.1, -0.05) is 0 Å². The number of methoxy groups -OCH3 is 1. The summed E-state index contributed by atoms with van der Waals surface area (Å²) in [7, 11) is 1.64. The molecular weight excluding hydrogens is 264 g/mol. The van der Waals surface area contributed by atoms with Crippen molar-refractivity contribution in [1.82, 2.24) is 9.80 Å². The standard InChI is InChI=1S/C13H22N2O5/c1-20-8-9-3-2-4-14(6-9)13(19)15-7-10(16)5-11(15)12(17)18/h9-11,16H,2-8H2,1H3,(H,17,18). The Bertz CT molecular complexity index is 374. The Morgan fingerprint density at radius 2 is 2.10 bits per heavy atom. The van der Waals surface area contributed by atoms with Crippen LogP contribution >= 0.6 is 0 Å². The van der Waals surface area contributed by atoms with Crippen LogP contribution in [-0.2, 0) is 9.53 Å². The Balaban J connectivity index is 2.00. The number of piperidine rings is 1. The molecule has 0 aromatic rings. The molecule has 0 aromatic carbocycles. The molecule has 0 bridgehead atoms. The Morgan fingerprint density at radius 1 is 1.35 bits per heavy atom. The topological polar surface area (TPSA) is 90.3 Å². The lowest BCUT2D eigenvalue weighted by molar-refractivity contribution is -0.141. The van der Waals surface area contributed by atoms with E-state index < -0.39 is 18.1 Å². The number of rotatable bonds is 3. The number of ether oxygens (including phenoxy) is 1. The average Bonchev–Trinajstić information content (AvgIpc) is 2.81.